The van der Waals surface area contributed by atoms with Gasteiger partial charge in [-0.3, -0.25) is 4.72 Å². The van der Waals surface area contributed by atoms with Crippen molar-refractivity contribution in [2.45, 2.75) is 32.1 Å². The van der Waals surface area contributed by atoms with Gasteiger partial charge in [-0.05, 0) is 44.5 Å². The van der Waals surface area contributed by atoms with Gasteiger partial charge in [-0.15, -0.1) is 0 Å². The summed E-state index contributed by atoms with van der Waals surface area (Å²) >= 11 is 0. The molecule has 0 saturated carbocycles. The van der Waals surface area contributed by atoms with E-state index in [4.69, 9.17) is 9.26 Å². The van der Waals surface area contributed by atoms with E-state index in [1.54, 1.807) is 38.1 Å². The van der Waals surface area contributed by atoms with E-state index in [-0.39, 0.29) is 10.7 Å². The van der Waals surface area contributed by atoms with E-state index in [0.717, 1.165) is 6.42 Å². The van der Waals surface area contributed by atoms with Gasteiger partial charge in [-0.1, -0.05) is 12.1 Å². The van der Waals surface area contributed by atoms with Gasteiger partial charge < -0.3 is 9.26 Å². The fraction of sp³-hybridized carbons (Fsp3) is 0.357. The maximum atomic E-state index is 12.3. The van der Waals surface area contributed by atoms with Crippen LogP contribution >= 0.6 is 0 Å². The topological polar surface area (TPSA) is 81.4 Å². The summed E-state index contributed by atoms with van der Waals surface area (Å²) < 4.78 is 37.5. The third-order valence-corrected chi connectivity index (χ3v) is 4.44. The third-order valence-electron chi connectivity index (χ3n) is 2.82. The van der Waals surface area contributed by atoms with Crippen LogP contribution < -0.4 is 9.46 Å². The first-order chi connectivity index (χ1) is 9.94. The SMILES string of the molecule is CCCOc1ccc(NS(=O)(=O)c2c(C)noc2C)cc1. The monoisotopic (exact) mass is 310 g/mol. The van der Waals surface area contributed by atoms with Crippen molar-refractivity contribution in [3.05, 3.63) is 35.7 Å². The number of benzene rings is 1. The minimum Gasteiger partial charge on any atom is -0.494 e. The lowest BCUT2D eigenvalue weighted by Crippen LogP contribution is -2.14. The summed E-state index contributed by atoms with van der Waals surface area (Å²) in [5, 5.41) is 3.66. The van der Waals surface area contributed by atoms with E-state index in [0.29, 0.717) is 23.7 Å². The van der Waals surface area contributed by atoms with Gasteiger partial charge in [0.25, 0.3) is 10.0 Å². The summed E-state index contributed by atoms with van der Waals surface area (Å²) in [4.78, 5) is 0.0776. The molecule has 2 rings (SSSR count). The maximum absolute atomic E-state index is 12.3. The van der Waals surface area contributed by atoms with Crippen molar-refractivity contribution in [2.75, 3.05) is 11.3 Å². The molecule has 1 heterocycles. The van der Waals surface area contributed by atoms with Crippen LogP contribution in [0.1, 0.15) is 24.8 Å². The van der Waals surface area contributed by atoms with E-state index < -0.39 is 10.0 Å². The Labute approximate surface area is 124 Å². The van der Waals surface area contributed by atoms with Crippen LogP contribution in [0.2, 0.25) is 0 Å². The Hall–Kier alpha value is -2.02. The predicted molar refractivity (Wildman–Crippen MR) is 79.0 cm³/mol. The number of hydrogen-bond acceptors (Lipinski definition) is 5. The second-order valence-corrected chi connectivity index (χ2v) is 6.25. The van der Waals surface area contributed by atoms with Crippen LogP contribution in [0.4, 0.5) is 5.69 Å². The molecular formula is C14H18N2O4S. The first-order valence-corrected chi connectivity index (χ1v) is 8.11. The Kier molecular flexibility index (Phi) is 4.52. The molecule has 114 valence electrons. The smallest absolute Gasteiger partial charge is 0.267 e. The molecule has 0 amide bonds. The highest BCUT2D eigenvalue weighted by molar-refractivity contribution is 7.92. The Morgan fingerprint density at radius 1 is 1.24 bits per heavy atom. The average molecular weight is 310 g/mol. The van der Waals surface area contributed by atoms with Crippen molar-refractivity contribution in [1.82, 2.24) is 5.16 Å². The summed E-state index contributed by atoms with van der Waals surface area (Å²) in [6.45, 7) is 5.80. The fourth-order valence-corrected chi connectivity index (χ4v) is 3.29. The molecule has 0 unspecified atom stereocenters. The number of aryl methyl sites for hydroxylation is 2. The molecule has 7 heteroatoms. The number of sulfonamides is 1. The number of aromatic nitrogens is 1. The van der Waals surface area contributed by atoms with Crippen LogP contribution in [0.15, 0.2) is 33.7 Å². The van der Waals surface area contributed by atoms with Crippen LogP contribution in [0.5, 0.6) is 5.75 Å². The molecule has 1 aromatic heterocycles. The van der Waals surface area contributed by atoms with Gasteiger partial charge in [0.05, 0.1) is 6.61 Å². The van der Waals surface area contributed by atoms with E-state index in [1.807, 2.05) is 6.92 Å². The Morgan fingerprint density at radius 3 is 2.43 bits per heavy atom. The lowest BCUT2D eigenvalue weighted by molar-refractivity contribution is 0.317. The average Bonchev–Trinajstić information content (AvgIpc) is 2.77. The van der Waals surface area contributed by atoms with Crippen molar-refractivity contribution in [2.24, 2.45) is 0 Å². The first-order valence-electron chi connectivity index (χ1n) is 6.62. The highest BCUT2D eigenvalue weighted by atomic mass is 32.2. The Bertz CT molecular complexity index is 686. The zero-order chi connectivity index (χ0) is 15.5. The van der Waals surface area contributed by atoms with Crippen molar-refractivity contribution >= 4 is 15.7 Å². The number of rotatable bonds is 6. The molecule has 0 saturated heterocycles. The van der Waals surface area contributed by atoms with Crippen LogP contribution in [-0.4, -0.2) is 20.2 Å². The standard InChI is InChI=1S/C14H18N2O4S/c1-4-9-19-13-7-5-12(6-8-13)16-21(17,18)14-10(2)15-20-11(14)3/h5-8,16H,4,9H2,1-3H3. The van der Waals surface area contributed by atoms with Crippen LogP contribution in [-0.2, 0) is 10.0 Å². The lowest BCUT2D eigenvalue weighted by atomic mass is 10.3. The van der Waals surface area contributed by atoms with E-state index in [2.05, 4.69) is 9.88 Å². The highest BCUT2D eigenvalue weighted by Gasteiger charge is 2.24. The molecule has 2 aromatic rings. The minimum absolute atomic E-state index is 0.0776. The van der Waals surface area contributed by atoms with Gasteiger partial charge in [-0.2, -0.15) is 0 Å². The molecule has 0 spiro atoms. The highest BCUT2D eigenvalue weighted by Crippen LogP contribution is 2.23. The largest absolute Gasteiger partial charge is 0.494 e. The molecule has 0 aliphatic carbocycles. The molecule has 1 N–H and O–H groups in total. The molecule has 6 nitrogen and oxygen atoms in total. The van der Waals surface area contributed by atoms with Crippen molar-refractivity contribution in [3.63, 3.8) is 0 Å². The summed E-state index contributed by atoms with van der Waals surface area (Å²) in [6.07, 6.45) is 0.917. The van der Waals surface area contributed by atoms with Crippen molar-refractivity contribution < 1.29 is 17.7 Å². The molecule has 0 aliphatic heterocycles. The van der Waals surface area contributed by atoms with Crippen molar-refractivity contribution in [1.29, 1.82) is 0 Å². The molecule has 1 aromatic carbocycles. The molecular weight excluding hydrogens is 292 g/mol. The summed E-state index contributed by atoms with van der Waals surface area (Å²) in [5.74, 6) is 0.972. The maximum Gasteiger partial charge on any atom is 0.267 e. The van der Waals surface area contributed by atoms with Crippen molar-refractivity contribution in [3.8, 4) is 5.75 Å². The second-order valence-electron chi connectivity index (χ2n) is 4.63. The van der Waals surface area contributed by atoms with Crippen LogP contribution in [0.3, 0.4) is 0 Å². The van der Waals surface area contributed by atoms with Gasteiger partial charge in [0.15, 0.2) is 10.7 Å². The summed E-state index contributed by atoms with van der Waals surface area (Å²) in [5.41, 5.74) is 0.793. The summed E-state index contributed by atoms with van der Waals surface area (Å²) in [7, 11) is -3.71. The molecule has 21 heavy (non-hydrogen) atoms. The van der Waals surface area contributed by atoms with Gasteiger partial charge in [0.2, 0.25) is 0 Å². The number of nitrogens with one attached hydrogen (secondary N) is 1. The fourth-order valence-electron chi connectivity index (χ4n) is 1.90. The van der Waals surface area contributed by atoms with E-state index >= 15 is 0 Å². The minimum atomic E-state index is -3.71. The normalized spacial score (nSPS) is 11.4. The number of ether oxygens (including phenoxy) is 1. The zero-order valence-corrected chi connectivity index (χ0v) is 13.0. The number of hydrogen-bond donors (Lipinski definition) is 1. The van der Waals surface area contributed by atoms with E-state index in [1.165, 1.54) is 0 Å². The predicted octanol–water partition coefficient (Wildman–Crippen LogP) is 2.88. The Morgan fingerprint density at radius 2 is 1.90 bits per heavy atom. The molecule has 0 aliphatic rings. The molecule has 0 bridgehead atoms. The second kappa shape index (κ2) is 6.17. The lowest BCUT2D eigenvalue weighted by Gasteiger charge is -2.09. The zero-order valence-electron chi connectivity index (χ0n) is 12.2. The quantitative estimate of drug-likeness (QED) is 0.887. The van der Waals surface area contributed by atoms with Gasteiger partial charge in [0, 0.05) is 5.69 Å². The van der Waals surface area contributed by atoms with Gasteiger partial charge in [-0.25, -0.2) is 8.42 Å². The summed E-state index contributed by atoms with van der Waals surface area (Å²) in [6, 6.07) is 6.75. The number of nitrogens with zero attached hydrogens (tertiary/aromatic N) is 1. The van der Waals surface area contributed by atoms with Crippen LogP contribution in [0.25, 0.3) is 0 Å². The number of anilines is 1. The van der Waals surface area contributed by atoms with E-state index in [9.17, 15) is 8.42 Å². The molecule has 0 atom stereocenters. The van der Waals surface area contributed by atoms with Gasteiger partial charge >= 0.3 is 0 Å². The molecule has 0 fully saturated rings. The third kappa shape index (κ3) is 3.55. The van der Waals surface area contributed by atoms with Gasteiger partial charge in [0.1, 0.15) is 11.4 Å². The Balaban J connectivity index is 2.17. The molecule has 0 radical (unpaired) electrons. The first kappa shape index (κ1) is 15.4. The van der Waals surface area contributed by atoms with Crippen LogP contribution in [0, 0.1) is 13.8 Å².